The number of nitro groups is 1. The molecule has 1 unspecified atom stereocenters. The number of hydrogen-bond acceptors (Lipinski definition) is 6. The Balaban J connectivity index is 0.00000242. The Morgan fingerprint density at radius 3 is 2.68 bits per heavy atom. The number of sulfonamides is 1. The average Bonchev–Trinajstić information content (AvgIpc) is 2.46. The molecule has 1 aliphatic heterocycles. The van der Waals surface area contributed by atoms with Crippen LogP contribution in [0.15, 0.2) is 23.1 Å². The van der Waals surface area contributed by atoms with Gasteiger partial charge in [0.2, 0.25) is 10.0 Å². The van der Waals surface area contributed by atoms with Crippen molar-refractivity contribution >= 4 is 28.1 Å². The molecule has 1 heterocycles. The molecule has 2 N–H and O–H groups in total. The SMILES string of the molecule is COc1cc([N+](=O)[O-])ccc1S(=O)(=O)N1CCCC(N)C1.Cl. The number of nitrogens with zero attached hydrogens (tertiary/aromatic N) is 2. The van der Waals surface area contributed by atoms with E-state index in [-0.39, 0.29) is 41.3 Å². The highest BCUT2D eigenvalue weighted by Crippen LogP contribution is 2.31. The summed E-state index contributed by atoms with van der Waals surface area (Å²) in [5.74, 6) is -0.0386. The van der Waals surface area contributed by atoms with Crippen molar-refractivity contribution in [1.29, 1.82) is 0 Å². The quantitative estimate of drug-likeness (QED) is 0.642. The van der Waals surface area contributed by atoms with Crippen LogP contribution in [-0.4, -0.2) is 43.9 Å². The van der Waals surface area contributed by atoms with Crippen molar-refractivity contribution < 1.29 is 18.1 Å². The van der Waals surface area contributed by atoms with Crippen LogP contribution in [0.25, 0.3) is 0 Å². The molecule has 2 rings (SSSR count). The van der Waals surface area contributed by atoms with Crippen LogP contribution in [0.3, 0.4) is 0 Å². The highest BCUT2D eigenvalue weighted by molar-refractivity contribution is 7.89. The highest BCUT2D eigenvalue weighted by atomic mass is 35.5. The zero-order chi connectivity index (χ0) is 15.6. The summed E-state index contributed by atoms with van der Waals surface area (Å²) < 4.78 is 31.5. The van der Waals surface area contributed by atoms with Crippen LogP contribution in [0.5, 0.6) is 5.75 Å². The van der Waals surface area contributed by atoms with Gasteiger partial charge in [0.15, 0.2) is 0 Å². The second kappa shape index (κ2) is 7.23. The van der Waals surface area contributed by atoms with Crippen LogP contribution in [0, 0.1) is 10.1 Å². The van der Waals surface area contributed by atoms with Gasteiger partial charge in [-0.2, -0.15) is 4.31 Å². The van der Waals surface area contributed by atoms with Crippen LogP contribution in [0.1, 0.15) is 12.8 Å². The molecule has 22 heavy (non-hydrogen) atoms. The van der Waals surface area contributed by atoms with Crippen molar-refractivity contribution in [3.05, 3.63) is 28.3 Å². The van der Waals surface area contributed by atoms with Crippen LogP contribution in [0.4, 0.5) is 5.69 Å². The average molecular weight is 352 g/mol. The van der Waals surface area contributed by atoms with E-state index in [1.54, 1.807) is 0 Å². The van der Waals surface area contributed by atoms with Gasteiger partial charge in [-0.15, -0.1) is 12.4 Å². The van der Waals surface area contributed by atoms with Gasteiger partial charge in [0, 0.05) is 25.2 Å². The maximum Gasteiger partial charge on any atom is 0.273 e. The number of benzene rings is 1. The fourth-order valence-corrected chi connectivity index (χ4v) is 3.99. The van der Waals surface area contributed by atoms with Gasteiger partial charge in [-0.25, -0.2) is 8.42 Å². The second-order valence-corrected chi connectivity index (χ2v) is 6.76. The first-order valence-corrected chi connectivity index (χ1v) is 7.88. The molecule has 1 saturated heterocycles. The molecule has 0 aromatic heterocycles. The maximum atomic E-state index is 12.6. The van der Waals surface area contributed by atoms with Crippen LogP contribution >= 0.6 is 12.4 Å². The monoisotopic (exact) mass is 351 g/mol. The summed E-state index contributed by atoms with van der Waals surface area (Å²) in [6, 6.07) is 3.26. The lowest BCUT2D eigenvalue weighted by atomic mass is 10.1. The number of halogens is 1. The largest absolute Gasteiger partial charge is 0.495 e. The van der Waals surface area contributed by atoms with Crippen LogP contribution in [-0.2, 0) is 10.0 Å². The molecular weight excluding hydrogens is 334 g/mol. The lowest BCUT2D eigenvalue weighted by Gasteiger charge is -2.30. The number of nitrogens with two attached hydrogens (primary N) is 1. The molecule has 0 bridgehead atoms. The molecule has 1 aliphatic rings. The number of nitro benzene ring substituents is 1. The van der Waals surface area contributed by atoms with E-state index >= 15 is 0 Å². The molecular formula is C12H18ClN3O5S. The summed E-state index contributed by atoms with van der Waals surface area (Å²) in [6.07, 6.45) is 1.47. The van der Waals surface area contributed by atoms with E-state index < -0.39 is 14.9 Å². The fraction of sp³-hybridized carbons (Fsp3) is 0.500. The molecule has 1 aromatic rings. The van der Waals surface area contributed by atoms with Crippen molar-refractivity contribution in [2.24, 2.45) is 5.73 Å². The predicted molar refractivity (Wildman–Crippen MR) is 82.9 cm³/mol. The van der Waals surface area contributed by atoms with Crippen molar-refractivity contribution in [2.75, 3.05) is 20.2 Å². The van der Waals surface area contributed by atoms with E-state index in [2.05, 4.69) is 0 Å². The molecule has 8 nitrogen and oxygen atoms in total. The predicted octanol–water partition coefficient (Wildman–Crippen LogP) is 1.14. The highest BCUT2D eigenvalue weighted by Gasteiger charge is 2.31. The second-order valence-electron chi connectivity index (χ2n) is 4.86. The first kappa shape index (κ1) is 18.6. The van der Waals surface area contributed by atoms with Crippen molar-refractivity contribution in [3.8, 4) is 5.75 Å². The minimum absolute atomic E-state index is 0. The van der Waals surface area contributed by atoms with Crippen LogP contribution in [0.2, 0.25) is 0 Å². The number of ether oxygens (including phenoxy) is 1. The molecule has 0 radical (unpaired) electrons. The van der Waals surface area contributed by atoms with Crippen molar-refractivity contribution in [2.45, 2.75) is 23.8 Å². The summed E-state index contributed by atoms with van der Waals surface area (Å²) in [7, 11) is -2.50. The van der Waals surface area contributed by atoms with E-state index in [0.29, 0.717) is 13.0 Å². The third kappa shape index (κ3) is 3.67. The maximum absolute atomic E-state index is 12.6. The summed E-state index contributed by atoms with van der Waals surface area (Å²) >= 11 is 0. The Labute approximate surface area is 134 Å². The smallest absolute Gasteiger partial charge is 0.273 e. The first-order chi connectivity index (χ1) is 9.86. The summed E-state index contributed by atoms with van der Waals surface area (Å²) in [6.45, 7) is 0.624. The van der Waals surface area contributed by atoms with Gasteiger partial charge < -0.3 is 10.5 Å². The molecule has 1 fully saturated rings. The first-order valence-electron chi connectivity index (χ1n) is 6.44. The van der Waals surface area contributed by atoms with Gasteiger partial charge in [0.1, 0.15) is 10.6 Å². The van der Waals surface area contributed by atoms with E-state index in [9.17, 15) is 18.5 Å². The Morgan fingerprint density at radius 2 is 2.14 bits per heavy atom. The van der Waals surface area contributed by atoms with Gasteiger partial charge in [0.05, 0.1) is 18.1 Å². The molecule has 10 heteroatoms. The molecule has 0 saturated carbocycles. The fourth-order valence-electron chi connectivity index (χ4n) is 2.31. The minimum atomic E-state index is -3.77. The number of rotatable bonds is 4. The van der Waals surface area contributed by atoms with Crippen LogP contribution < -0.4 is 10.5 Å². The summed E-state index contributed by atoms with van der Waals surface area (Å²) in [4.78, 5) is 10.1. The standard InChI is InChI=1S/C12H17N3O5S.ClH/c1-20-11-7-10(15(16)17)4-5-12(11)21(18,19)14-6-2-3-9(13)8-14;/h4-5,7,9H,2-3,6,8,13H2,1H3;1H. The van der Waals surface area contributed by atoms with E-state index in [0.717, 1.165) is 18.6 Å². The zero-order valence-electron chi connectivity index (χ0n) is 12.0. The molecule has 0 spiro atoms. The number of methoxy groups -OCH3 is 1. The lowest BCUT2D eigenvalue weighted by Crippen LogP contribution is -2.45. The Bertz CT molecular complexity index is 652. The van der Waals surface area contributed by atoms with E-state index in [4.69, 9.17) is 10.5 Å². The number of non-ortho nitro benzene ring substituents is 1. The summed E-state index contributed by atoms with van der Waals surface area (Å²) in [5.41, 5.74) is 5.59. The van der Waals surface area contributed by atoms with Crippen molar-refractivity contribution in [3.63, 3.8) is 0 Å². The molecule has 0 amide bonds. The van der Waals surface area contributed by atoms with Gasteiger partial charge in [-0.3, -0.25) is 10.1 Å². The summed E-state index contributed by atoms with van der Waals surface area (Å²) in [5, 5.41) is 10.7. The zero-order valence-corrected chi connectivity index (χ0v) is 13.6. The van der Waals surface area contributed by atoms with E-state index in [1.165, 1.54) is 17.5 Å². The van der Waals surface area contributed by atoms with Gasteiger partial charge in [0.25, 0.3) is 5.69 Å². The third-order valence-corrected chi connectivity index (χ3v) is 5.30. The van der Waals surface area contributed by atoms with Crippen molar-refractivity contribution in [1.82, 2.24) is 4.31 Å². The minimum Gasteiger partial charge on any atom is -0.495 e. The number of hydrogen-bond donors (Lipinski definition) is 1. The van der Waals surface area contributed by atoms with E-state index in [1.807, 2.05) is 0 Å². The molecule has 1 atom stereocenters. The Kier molecular flexibility index (Phi) is 6.12. The van der Waals surface area contributed by atoms with Gasteiger partial charge >= 0.3 is 0 Å². The van der Waals surface area contributed by atoms with Gasteiger partial charge in [-0.05, 0) is 18.9 Å². The molecule has 1 aromatic carbocycles. The lowest BCUT2D eigenvalue weighted by molar-refractivity contribution is -0.385. The Hall–Kier alpha value is -1.42. The number of piperidine rings is 1. The topological polar surface area (TPSA) is 116 Å². The Morgan fingerprint density at radius 1 is 1.45 bits per heavy atom. The molecule has 124 valence electrons. The third-order valence-electron chi connectivity index (χ3n) is 3.40. The molecule has 0 aliphatic carbocycles. The normalized spacial score (nSPS) is 19.3. The van der Waals surface area contributed by atoms with Gasteiger partial charge in [-0.1, -0.05) is 0 Å².